The molecule has 0 spiro atoms. The first kappa shape index (κ1) is 16.5. The molecule has 0 aliphatic carbocycles. The number of likely N-dealkylation sites (N-methyl/N-ethyl adjacent to an activating group) is 1. The molecule has 1 atom stereocenters. The van der Waals surface area contributed by atoms with E-state index >= 15 is 0 Å². The fourth-order valence-electron chi connectivity index (χ4n) is 3.12. The molecule has 1 saturated heterocycles. The molecule has 3 rings (SSSR count). The molecule has 0 saturated carbocycles. The van der Waals surface area contributed by atoms with Gasteiger partial charge < -0.3 is 14.9 Å². The average Bonchev–Trinajstić information content (AvgIpc) is 3.17. The van der Waals surface area contributed by atoms with E-state index in [1.807, 2.05) is 43.3 Å². The van der Waals surface area contributed by atoms with Crippen molar-refractivity contribution >= 4 is 5.91 Å². The molecule has 8 heteroatoms. The molecule has 1 fully saturated rings. The van der Waals surface area contributed by atoms with E-state index in [-0.39, 0.29) is 5.91 Å². The monoisotopic (exact) mass is 330 g/mol. The molecule has 1 N–H and O–H groups in total. The van der Waals surface area contributed by atoms with Gasteiger partial charge in [0.05, 0.1) is 24.3 Å². The van der Waals surface area contributed by atoms with Crippen LogP contribution < -0.4 is 0 Å². The van der Waals surface area contributed by atoms with E-state index in [1.165, 1.54) is 6.33 Å². The van der Waals surface area contributed by atoms with Crippen molar-refractivity contribution in [2.24, 2.45) is 0 Å². The van der Waals surface area contributed by atoms with Gasteiger partial charge in [0.15, 0.2) is 0 Å². The average molecular weight is 330 g/mol. The number of β-amino-alcohol motifs (C(OH)–C–C–N with tert-alkyl or cyclic N) is 1. The first-order valence-corrected chi connectivity index (χ1v) is 7.92. The van der Waals surface area contributed by atoms with Gasteiger partial charge in [0, 0.05) is 13.1 Å². The molecule has 1 aliphatic heterocycles. The molecule has 8 nitrogen and oxygen atoms in total. The van der Waals surface area contributed by atoms with Crippen LogP contribution in [0.4, 0.5) is 0 Å². The van der Waals surface area contributed by atoms with Crippen LogP contribution in [-0.2, 0) is 11.2 Å². The number of rotatable bonds is 5. The van der Waals surface area contributed by atoms with Crippen molar-refractivity contribution in [1.29, 1.82) is 0 Å². The lowest BCUT2D eigenvalue weighted by molar-refractivity contribution is -0.130. The number of hydrogen-bond donors (Lipinski definition) is 1. The summed E-state index contributed by atoms with van der Waals surface area (Å²) in [5, 5.41) is 21.6. The molecule has 1 aromatic carbocycles. The number of amides is 1. The summed E-state index contributed by atoms with van der Waals surface area (Å²) in [6.45, 7) is 1.57. The van der Waals surface area contributed by atoms with Gasteiger partial charge in [0.1, 0.15) is 6.33 Å². The Morgan fingerprint density at radius 3 is 2.71 bits per heavy atom. The van der Waals surface area contributed by atoms with Crippen LogP contribution in [0.25, 0.3) is 5.69 Å². The summed E-state index contributed by atoms with van der Waals surface area (Å²) in [4.78, 5) is 16.2. The van der Waals surface area contributed by atoms with Crippen molar-refractivity contribution in [3.05, 3.63) is 36.2 Å². The molecule has 24 heavy (non-hydrogen) atoms. The van der Waals surface area contributed by atoms with Crippen LogP contribution in [0.15, 0.2) is 30.6 Å². The highest BCUT2D eigenvalue weighted by atomic mass is 16.3. The maximum Gasteiger partial charge on any atom is 0.227 e. The van der Waals surface area contributed by atoms with Crippen LogP contribution >= 0.6 is 0 Å². The second kappa shape index (κ2) is 6.66. The second-order valence-corrected chi connectivity index (χ2v) is 6.63. The van der Waals surface area contributed by atoms with Gasteiger partial charge in [-0.15, -0.1) is 5.10 Å². The highest BCUT2D eigenvalue weighted by molar-refractivity contribution is 5.79. The molecule has 1 aromatic heterocycles. The van der Waals surface area contributed by atoms with Gasteiger partial charge in [-0.2, -0.15) is 0 Å². The van der Waals surface area contributed by atoms with E-state index in [4.69, 9.17) is 0 Å². The predicted molar refractivity (Wildman–Crippen MR) is 87.6 cm³/mol. The Kier molecular flexibility index (Phi) is 4.59. The van der Waals surface area contributed by atoms with E-state index in [0.717, 1.165) is 11.3 Å². The van der Waals surface area contributed by atoms with Gasteiger partial charge in [0.2, 0.25) is 5.91 Å². The summed E-state index contributed by atoms with van der Waals surface area (Å²) < 4.78 is 1.56. The van der Waals surface area contributed by atoms with Crippen LogP contribution in [0.3, 0.4) is 0 Å². The number of carbonyl (C=O) groups excluding carboxylic acids is 1. The largest absolute Gasteiger partial charge is 0.387 e. The van der Waals surface area contributed by atoms with Gasteiger partial charge in [-0.25, -0.2) is 4.68 Å². The second-order valence-electron chi connectivity index (χ2n) is 6.63. The van der Waals surface area contributed by atoms with E-state index in [0.29, 0.717) is 32.5 Å². The SMILES string of the molecule is CN(C)CC1(O)CCN(C(=O)Cc2ccc(-n3cnnn3)cc2)C1. The quantitative estimate of drug-likeness (QED) is 0.812. The standard InChI is InChI=1S/C16H22N6O2/c1-20(2)10-16(24)7-8-21(11-16)15(23)9-13-3-5-14(6-4-13)22-12-17-18-19-22/h3-6,12,24H,7-11H2,1-2H3. The number of benzene rings is 1. The van der Waals surface area contributed by atoms with Crippen molar-refractivity contribution in [2.45, 2.75) is 18.4 Å². The molecule has 0 bridgehead atoms. The summed E-state index contributed by atoms with van der Waals surface area (Å²) >= 11 is 0. The zero-order valence-corrected chi connectivity index (χ0v) is 14.0. The first-order chi connectivity index (χ1) is 11.5. The lowest BCUT2D eigenvalue weighted by Gasteiger charge is -2.26. The number of hydrogen-bond acceptors (Lipinski definition) is 6. The third-order valence-corrected chi connectivity index (χ3v) is 4.20. The molecule has 2 aromatic rings. The Hall–Kier alpha value is -2.32. The van der Waals surface area contributed by atoms with Crippen LogP contribution in [-0.4, -0.2) is 80.4 Å². The van der Waals surface area contributed by atoms with E-state index in [9.17, 15) is 9.90 Å². The van der Waals surface area contributed by atoms with Crippen molar-refractivity contribution < 1.29 is 9.90 Å². The predicted octanol–water partition coefficient (Wildman–Crippen LogP) is -0.270. The normalized spacial score (nSPS) is 20.8. The fraction of sp³-hybridized carbons (Fsp3) is 0.500. The number of tetrazole rings is 1. The number of nitrogens with zero attached hydrogens (tertiary/aromatic N) is 6. The molecule has 128 valence electrons. The van der Waals surface area contributed by atoms with Gasteiger partial charge >= 0.3 is 0 Å². The Morgan fingerprint density at radius 2 is 2.08 bits per heavy atom. The van der Waals surface area contributed by atoms with Crippen LogP contribution in [0.5, 0.6) is 0 Å². The Labute approximate surface area is 140 Å². The van der Waals surface area contributed by atoms with Crippen molar-refractivity contribution in [2.75, 3.05) is 33.7 Å². The Bertz CT molecular complexity index is 685. The Balaban J connectivity index is 1.59. The third kappa shape index (κ3) is 3.77. The van der Waals surface area contributed by atoms with Crippen molar-refractivity contribution in [3.63, 3.8) is 0 Å². The highest BCUT2D eigenvalue weighted by Crippen LogP contribution is 2.22. The molecular weight excluding hydrogens is 308 g/mol. The van der Waals surface area contributed by atoms with Crippen LogP contribution in [0.2, 0.25) is 0 Å². The first-order valence-electron chi connectivity index (χ1n) is 7.92. The minimum atomic E-state index is -0.802. The number of carbonyl (C=O) groups is 1. The molecule has 1 aliphatic rings. The van der Waals surface area contributed by atoms with Gasteiger partial charge in [-0.1, -0.05) is 12.1 Å². The number of likely N-dealkylation sites (tertiary alicyclic amines) is 1. The van der Waals surface area contributed by atoms with Gasteiger partial charge in [0.25, 0.3) is 0 Å². The smallest absolute Gasteiger partial charge is 0.227 e. The van der Waals surface area contributed by atoms with Crippen molar-refractivity contribution in [1.82, 2.24) is 30.0 Å². The summed E-state index contributed by atoms with van der Waals surface area (Å²) in [6, 6.07) is 7.56. The van der Waals surface area contributed by atoms with Crippen LogP contribution in [0, 0.1) is 0 Å². The topological polar surface area (TPSA) is 87.4 Å². The minimum absolute atomic E-state index is 0.0415. The van der Waals surface area contributed by atoms with Gasteiger partial charge in [-0.05, 0) is 48.6 Å². The van der Waals surface area contributed by atoms with Crippen molar-refractivity contribution in [3.8, 4) is 5.69 Å². The zero-order valence-electron chi connectivity index (χ0n) is 14.0. The third-order valence-electron chi connectivity index (χ3n) is 4.20. The maximum atomic E-state index is 12.5. The summed E-state index contributed by atoms with van der Waals surface area (Å²) in [5.74, 6) is 0.0415. The maximum absolute atomic E-state index is 12.5. The van der Waals surface area contributed by atoms with E-state index < -0.39 is 5.60 Å². The molecule has 1 amide bonds. The molecule has 1 unspecified atom stereocenters. The highest BCUT2D eigenvalue weighted by Gasteiger charge is 2.38. The molecule has 2 heterocycles. The molecular formula is C16H22N6O2. The van der Waals surface area contributed by atoms with Gasteiger partial charge in [-0.3, -0.25) is 4.79 Å². The van der Waals surface area contributed by atoms with E-state index in [2.05, 4.69) is 15.5 Å². The fourth-order valence-corrected chi connectivity index (χ4v) is 3.12. The summed E-state index contributed by atoms with van der Waals surface area (Å²) in [7, 11) is 3.85. The molecule has 0 radical (unpaired) electrons. The lowest BCUT2D eigenvalue weighted by atomic mass is 10.0. The van der Waals surface area contributed by atoms with Crippen LogP contribution in [0.1, 0.15) is 12.0 Å². The Morgan fingerprint density at radius 1 is 1.33 bits per heavy atom. The summed E-state index contributed by atoms with van der Waals surface area (Å²) in [5.41, 5.74) is 0.973. The minimum Gasteiger partial charge on any atom is -0.387 e. The number of aliphatic hydroxyl groups is 1. The van der Waals surface area contributed by atoms with E-state index in [1.54, 1.807) is 9.58 Å². The zero-order chi connectivity index (χ0) is 17.2. The summed E-state index contributed by atoms with van der Waals surface area (Å²) in [6.07, 6.45) is 2.47. The lowest BCUT2D eigenvalue weighted by Crippen LogP contribution is -2.43. The number of aromatic nitrogens is 4.